The van der Waals surface area contributed by atoms with Gasteiger partial charge < -0.3 is 14.4 Å². The predicted molar refractivity (Wildman–Crippen MR) is 88.9 cm³/mol. The molecule has 0 spiro atoms. The lowest BCUT2D eigenvalue weighted by atomic mass is 10.2. The van der Waals surface area contributed by atoms with E-state index in [4.69, 9.17) is 4.42 Å². The van der Waals surface area contributed by atoms with Crippen molar-refractivity contribution >= 4 is 40.6 Å². The van der Waals surface area contributed by atoms with Crippen molar-refractivity contribution in [3.8, 4) is 5.75 Å². The number of carbonyl (C=O) groups excluding carboxylic acids is 1. The molecule has 0 bridgehead atoms. The highest BCUT2D eigenvalue weighted by atomic mass is 127. The number of anilines is 1. The monoisotopic (exact) mass is 399 g/mol. The number of phenolic OH excluding ortho intramolecular Hbond substituents is 1. The molecule has 6 nitrogen and oxygen atoms in total. The van der Waals surface area contributed by atoms with Crippen molar-refractivity contribution in [2.45, 2.75) is 0 Å². The largest absolute Gasteiger partial charge is 0.507 e. The lowest BCUT2D eigenvalue weighted by Crippen LogP contribution is -2.17. The molecule has 0 saturated heterocycles. The molecule has 1 amide bonds. The topological polar surface area (TPSA) is 78.1 Å². The number of halogens is 1. The van der Waals surface area contributed by atoms with E-state index in [-0.39, 0.29) is 5.75 Å². The van der Waals surface area contributed by atoms with Gasteiger partial charge in [0.2, 0.25) is 0 Å². The number of hydrazone groups is 1. The molecule has 2 aromatic rings. The third-order valence-corrected chi connectivity index (χ3v) is 3.53. The van der Waals surface area contributed by atoms with E-state index in [0.29, 0.717) is 20.8 Å². The smallest absolute Gasteiger partial charge is 0.271 e. The van der Waals surface area contributed by atoms with Crippen LogP contribution >= 0.6 is 22.6 Å². The SMILES string of the molecule is CN(C)c1ccc(/C=N\NC(=O)c2ccc(I)c(O)c2)o1. The van der Waals surface area contributed by atoms with Crippen molar-refractivity contribution in [1.29, 1.82) is 0 Å². The van der Waals surface area contributed by atoms with E-state index in [0.717, 1.165) is 0 Å². The maximum absolute atomic E-state index is 11.8. The molecule has 0 aliphatic heterocycles. The number of carbonyl (C=O) groups is 1. The normalized spacial score (nSPS) is 10.8. The molecule has 1 aromatic heterocycles. The minimum Gasteiger partial charge on any atom is -0.507 e. The van der Waals surface area contributed by atoms with Gasteiger partial charge in [0.1, 0.15) is 11.5 Å². The second-order valence-electron chi connectivity index (χ2n) is 4.44. The van der Waals surface area contributed by atoms with Gasteiger partial charge in [-0.05, 0) is 46.9 Å². The summed E-state index contributed by atoms with van der Waals surface area (Å²) in [6.45, 7) is 0. The number of rotatable bonds is 4. The number of phenols is 1. The van der Waals surface area contributed by atoms with Gasteiger partial charge in [-0.1, -0.05) is 0 Å². The average molecular weight is 399 g/mol. The quantitative estimate of drug-likeness (QED) is 0.471. The molecule has 0 fully saturated rings. The maximum Gasteiger partial charge on any atom is 0.271 e. The van der Waals surface area contributed by atoms with Gasteiger partial charge in [-0.3, -0.25) is 4.79 Å². The number of hydrogen-bond acceptors (Lipinski definition) is 5. The van der Waals surface area contributed by atoms with Gasteiger partial charge in [-0.15, -0.1) is 0 Å². The van der Waals surface area contributed by atoms with Gasteiger partial charge in [0, 0.05) is 25.7 Å². The molecule has 1 aromatic carbocycles. The van der Waals surface area contributed by atoms with E-state index < -0.39 is 5.91 Å². The standard InChI is InChI=1S/C14H14IN3O3/c1-18(2)13-6-4-10(21-13)8-16-17-14(20)9-3-5-11(15)12(19)7-9/h3-8,19H,1-2H3,(H,17,20)/b16-8-. The molecule has 2 rings (SSSR count). The minimum absolute atomic E-state index is 0.0638. The van der Waals surface area contributed by atoms with Gasteiger partial charge in [0.05, 0.1) is 9.78 Å². The van der Waals surface area contributed by atoms with Crippen LogP contribution in [0.1, 0.15) is 16.1 Å². The first-order valence-corrected chi connectivity index (χ1v) is 7.14. The van der Waals surface area contributed by atoms with Crippen molar-refractivity contribution in [3.05, 3.63) is 45.2 Å². The molecule has 110 valence electrons. The molecule has 0 saturated carbocycles. The summed E-state index contributed by atoms with van der Waals surface area (Å²) in [5, 5.41) is 13.4. The van der Waals surface area contributed by atoms with Crippen molar-refractivity contribution in [3.63, 3.8) is 0 Å². The zero-order valence-corrected chi connectivity index (χ0v) is 13.7. The van der Waals surface area contributed by atoms with Crippen molar-refractivity contribution < 1.29 is 14.3 Å². The summed E-state index contributed by atoms with van der Waals surface area (Å²) in [4.78, 5) is 13.7. The number of aromatic hydroxyl groups is 1. The van der Waals surface area contributed by atoms with E-state index in [1.54, 1.807) is 24.3 Å². The third-order valence-electron chi connectivity index (χ3n) is 2.62. The predicted octanol–water partition coefficient (Wildman–Crippen LogP) is 2.42. The van der Waals surface area contributed by atoms with Crippen LogP contribution in [0.3, 0.4) is 0 Å². The second-order valence-corrected chi connectivity index (χ2v) is 5.60. The summed E-state index contributed by atoms with van der Waals surface area (Å²) in [7, 11) is 3.73. The Morgan fingerprint density at radius 2 is 2.14 bits per heavy atom. The summed E-state index contributed by atoms with van der Waals surface area (Å²) >= 11 is 1.98. The van der Waals surface area contributed by atoms with E-state index in [2.05, 4.69) is 10.5 Å². The summed E-state index contributed by atoms with van der Waals surface area (Å²) in [6.07, 6.45) is 1.41. The van der Waals surface area contributed by atoms with Crippen LogP contribution in [0, 0.1) is 3.57 Å². The second kappa shape index (κ2) is 6.61. The van der Waals surface area contributed by atoms with Crippen LogP contribution in [0.4, 0.5) is 5.88 Å². The number of nitrogens with zero attached hydrogens (tertiary/aromatic N) is 2. The maximum atomic E-state index is 11.8. The Morgan fingerprint density at radius 1 is 1.38 bits per heavy atom. The highest BCUT2D eigenvalue weighted by Gasteiger charge is 2.07. The lowest BCUT2D eigenvalue weighted by molar-refractivity contribution is 0.0954. The van der Waals surface area contributed by atoms with Crippen molar-refractivity contribution in [2.75, 3.05) is 19.0 Å². The van der Waals surface area contributed by atoms with Gasteiger partial charge >= 0.3 is 0 Å². The van der Waals surface area contributed by atoms with E-state index in [9.17, 15) is 9.90 Å². The number of amides is 1. The molecule has 21 heavy (non-hydrogen) atoms. The fourth-order valence-electron chi connectivity index (χ4n) is 1.52. The molecule has 2 N–H and O–H groups in total. The van der Waals surface area contributed by atoms with E-state index >= 15 is 0 Å². The van der Waals surface area contributed by atoms with Crippen LogP contribution in [-0.4, -0.2) is 31.3 Å². The summed E-state index contributed by atoms with van der Waals surface area (Å²) in [6, 6.07) is 8.22. The molecular formula is C14H14IN3O3. The summed E-state index contributed by atoms with van der Waals surface area (Å²) < 4.78 is 6.13. The molecule has 1 heterocycles. The first kappa shape index (κ1) is 15.4. The Bertz CT molecular complexity index is 680. The Kier molecular flexibility index (Phi) is 4.84. The van der Waals surface area contributed by atoms with Crippen molar-refractivity contribution in [1.82, 2.24) is 5.43 Å². The molecular weight excluding hydrogens is 385 g/mol. The highest BCUT2D eigenvalue weighted by molar-refractivity contribution is 14.1. The number of hydrogen-bond donors (Lipinski definition) is 2. The molecule has 7 heteroatoms. The zero-order valence-electron chi connectivity index (χ0n) is 11.5. The van der Waals surface area contributed by atoms with Gasteiger partial charge in [-0.25, -0.2) is 5.43 Å². The minimum atomic E-state index is -0.405. The third kappa shape index (κ3) is 3.97. The fraction of sp³-hybridized carbons (Fsp3) is 0.143. The number of nitrogens with one attached hydrogen (secondary N) is 1. The van der Waals surface area contributed by atoms with Gasteiger partial charge in [0.25, 0.3) is 5.91 Å². The van der Waals surface area contributed by atoms with Crippen molar-refractivity contribution in [2.24, 2.45) is 5.10 Å². The molecule has 0 aliphatic carbocycles. The van der Waals surface area contributed by atoms with E-state index in [1.165, 1.54) is 12.3 Å². The van der Waals surface area contributed by atoms with Crippen LogP contribution in [-0.2, 0) is 0 Å². The van der Waals surface area contributed by atoms with Gasteiger partial charge in [-0.2, -0.15) is 5.10 Å². The molecule has 0 atom stereocenters. The van der Waals surface area contributed by atoms with Crippen LogP contribution in [0.5, 0.6) is 5.75 Å². The Morgan fingerprint density at radius 3 is 2.76 bits per heavy atom. The van der Waals surface area contributed by atoms with Crippen LogP contribution in [0.15, 0.2) is 39.9 Å². The Hall–Kier alpha value is -2.03. The first-order valence-electron chi connectivity index (χ1n) is 6.06. The summed E-state index contributed by atoms with van der Waals surface area (Å²) in [5.74, 6) is 0.890. The lowest BCUT2D eigenvalue weighted by Gasteiger charge is -2.05. The van der Waals surface area contributed by atoms with E-state index in [1.807, 2.05) is 41.6 Å². The summed E-state index contributed by atoms with van der Waals surface area (Å²) in [5.41, 5.74) is 2.71. The highest BCUT2D eigenvalue weighted by Crippen LogP contribution is 2.20. The van der Waals surface area contributed by atoms with Crippen LogP contribution < -0.4 is 10.3 Å². The van der Waals surface area contributed by atoms with Crippen LogP contribution in [0.25, 0.3) is 0 Å². The number of furan rings is 1. The zero-order chi connectivity index (χ0) is 15.4. The Labute approximate surface area is 135 Å². The molecule has 0 radical (unpaired) electrons. The number of benzene rings is 1. The Balaban J connectivity index is 1.99. The molecule has 0 aliphatic rings. The molecule has 0 unspecified atom stereocenters. The van der Waals surface area contributed by atoms with Crippen LogP contribution in [0.2, 0.25) is 0 Å². The average Bonchev–Trinajstić information content (AvgIpc) is 2.91. The first-order chi connectivity index (χ1) is 9.97. The fourth-order valence-corrected chi connectivity index (χ4v) is 1.86. The van der Waals surface area contributed by atoms with Gasteiger partial charge in [0.15, 0.2) is 5.88 Å².